The van der Waals surface area contributed by atoms with Gasteiger partial charge in [0.05, 0.1) is 0 Å². The number of aromatic amines is 1. The second-order valence-electron chi connectivity index (χ2n) is 4.49. The Kier molecular flexibility index (Phi) is 3.55. The lowest BCUT2D eigenvalue weighted by Gasteiger charge is -2.10. The number of amides is 1. The topological polar surface area (TPSA) is 82.2 Å². The first-order valence-corrected chi connectivity index (χ1v) is 6.15. The maximum atomic E-state index is 12.0. The van der Waals surface area contributed by atoms with Gasteiger partial charge in [-0.25, -0.2) is 4.79 Å². The highest BCUT2D eigenvalue weighted by Crippen LogP contribution is 2.18. The van der Waals surface area contributed by atoms with Crippen molar-refractivity contribution in [1.82, 2.24) is 10.3 Å². The summed E-state index contributed by atoms with van der Waals surface area (Å²) in [7, 11) is 0. The minimum Gasteiger partial charge on any atom is -0.480 e. The number of carbonyl (C=O) groups excluding carboxylic acids is 1. The van der Waals surface area contributed by atoms with Crippen molar-refractivity contribution in [3.8, 4) is 0 Å². The van der Waals surface area contributed by atoms with E-state index in [1.54, 1.807) is 13.0 Å². The Morgan fingerprint density at radius 1 is 1.42 bits per heavy atom. The van der Waals surface area contributed by atoms with E-state index < -0.39 is 17.9 Å². The lowest BCUT2D eigenvalue weighted by Crippen LogP contribution is -2.40. The highest BCUT2D eigenvalue weighted by molar-refractivity contribution is 6.00. The number of nitrogens with one attached hydrogen (secondary N) is 2. The normalized spacial score (nSPS) is 12.3. The molecule has 1 aromatic carbocycles. The minimum absolute atomic E-state index is 0.348. The number of H-pyrrole nitrogens is 1. The van der Waals surface area contributed by atoms with Crippen LogP contribution in [0.4, 0.5) is 0 Å². The number of hydrogen-bond acceptors (Lipinski definition) is 2. The number of carboxylic acids is 1. The van der Waals surface area contributed by atoms with Crippen LogP contribution >= 0.6 is 0 Å². The molecule has 0 saturated heterocycles. The van der Waals surface area contributed by atoms with Crippen LogP contribution in [0.2, 0.25) is 0 Å². The SMILES string of the molecule is CCC(NC(=O)c1cc2cccc(C)c2[nH]1)C(=O)O. The lowest BCUT2D eigenvalue weighted by molar-refractivity contribution is -0.139. The van der Waals surface area contributed by atoms with Crippen molar-refractivity contribution < 1.29 is 14.7 Å². The molecule has 0 spiro atoms. The molecule has 5 heteroatoms. The van der Waals surface area contributed by atoms with Crippen LogP contribution in [0.1, 0.15) is 29.4 Å². The zero-order chi connectivity index (χ0) is 14.0. The maximum absolute atomic E-state index is 12.0. The number of hydrogen-bond donors (Lipinski definition) is 3. The second kappa shape index (κ2) is 5.14. The summed E-state index contributed by atoms with van der Waals surface area (Å²) in [4.78, 5) is 25.9. The van der Waals surface area contributed by atoms with Crippen LogP contribution in [0, 0.1) is 6.92 Å². The second-order valence-corrected chi connectivity index (χ2v) is 4.49. The molecule has 5 nitrogen and oxygen atoms in total. The minimum atomic E-state index is -1.02. The molecule has 1 atom stereocenters. The molecule has 0 aliphatic heterocycles. The number of carbonyl (C=O) groups is 2. The largest absolute Gasteiger partial charge is 0.480 e. The lowest BCUT2D eigenvalue weighted by atomic mass is 10.2. The fourth-order valence-electron chi connectivity index (χ4n) is 2.00. The first-order chi connectivity index (χ1) is 9.02. The Balaban J connectivity index is 2.27. The standard InChI is InChI=1S/C14H16N2O3/c1-3-10(14(18)19)16-13(17)11-7-9-6-4-5-8(2)12(9)15-11/h4-7,10,15H,3H2,1-2H3,(H,16,17)(H,18,19). The maximum Gasteiger partial charge on any atom is 0.326 e. The Morgan fingerprint density at radius 2 is 2.16 bits per heavy atom. The van der Waals surface area contributed by atoms with Crippen LogP contribution in [0.25, 0.3) is 10.9 Å². The summed E-state index contributed by atoms with van der Waals surface area (Å²) in [6, 6.07) is 6.64. The molecule has 2 aromatic rings. The molecule has 1 amide bonds. The molecule has 3 N–H and O–H groups in total. The Morgan fingerprint density at radius 3 is 2.74 bits per heavy atom. The van der Waals surface area contributed by atoms with E-state index in [9.17, 15) is 9.59 Å². The summed E-state index contributed by atoms with van der Waals surface area (Å²) in [6.45, 7) is 3.67. The third kappa shape index (κ3) is 2.59. The highest BCUT2D eigenvalue weighted by Gasteiger charge is 2.19. The van der Waals surface area contributed by atoms with Crippen LogP contribution in [0.5, 0.6) is 0 Å². The molecule has 2 rings (SSSR count). The summed E-state index contributed by atoms with van der Waals surface area (Å²) >= 11 is 0. The quantitative estimate of drug-likeness (QED) is 0.787. The van der Waals surface area contributed by atoms with Gasteiger partial charge in [0.25, 0.3) is 5.91 Å². The van der Waals surface area contributed by atoms with Gasteiger partial charge in [-0.2, -0.15) is 0 Å². The van der Waals surface area contributed by atoms with Gasteiger partial charge in [-0.05, 0) is 25.0 Å². The molecule has 0 radical (unpaired) electrons. The monoisotopic (exact) mass is 260 g/mol. The number of benzene rings is 1. The molecular weight excluding hydrogens is 244 g/mol. The van der Waals surface area contributed by atoms with E-state index in [0.29, 0.717) is 12.1 Å². The number of rotatable bonds is 4. The Bertz CT molecular complexity index is 631. The van der Waals surface area contributed by atoms with Crippen LogP contribution in [-0.2, 0) is 4.79 Å². The summed E-state index contributed by atoms with van der Waals surface area (Å²) in [5.41, 5.74) is 2.32. The first-order valence-electron chi connectivity index (χ1n) is 6.15. The van der Waals surface area contributed by atoms with Crippen molar-refractivity contribution in [3.05, 3.63) is 35.5 Å². The molecule has 19 heavy (non-hydrogen) atoms. The van der Waals surface area contributed by atoms with E-state index in [1.165, 1.54) is 0 Å². The zero-order valence-corrected chi connectivity index (χ0v) is 10.9. The molecule has 1 aromatic heterocycles. The van der Waals surface area contributed by atoms with E-state index in [1.807, 2.05) is 25.1 Å². The predicted molar refractivity (Wildman–Crippen MR) is 72.2 cm³/mol. The molecule has 100 valence electrons. The summed E-state index contributed by atoms with van der Waals surface area (Å²) in [6.07, 6.45) is 0.348. The highest BCUT2D eigenvalue weighted by atomic mass is 16.4. The average molecular weight is 260 g/mol. The number of fused-ring (bicyclic) bond motifs is 1. The number of aromatic nitrogens is 1. The fourth-order valence-corrected chi connectivity index (χ4v) is 2.00. The molecule has 0 aliphatic rings. The summed E-state index contributed by atoms with van der Waals surface area (Å²) in [5.74, 6) is -1.42. The number of carboxylic acid groups (broad SMARTS) is 1. The van der Waals surface area contributed by atoms with Crippen LogP contribution in [0.3, 0.4) is 0 Å². The van der Waals surface area contributed by atoms with Gasteiger partial charge in [0.2, 0.25) is 0 Å². The van der Waals surface area contributed by atoms with Crippen molar-refractivity contribution in [2.75, 3.05) is 0 Å². The molecule has 0 aliphatic carbocycles. The molecule has 0 fully saturated rings. The zero-order valence-electron chi connectivity index (χ0n) is 10.9. The van der Waals surface area contributed by atoms with E-state index in [0.717, 1.165) is 16.5 Å². The van der Waals surface area contributed by atoms with Gasteiger partial charge in [-0.3, -0.25) is 4.79 Å². The van der Waals surface area contributed by atoms with Crippen LogP contribution < -0.4 is 5.32 Å². The van der Waals surface area contributed by atoms with E-state index in [2.05, 4.69) is 10.3 Å². The van der Waals surface area contributed by atoms with Crippen molar-refractivity contribution in [3.63, 3.8) is 0 Å². The van der Waals surface area contributed by atoms with Gasteiger partial charge in [0, 0.05) is 10.9 Å². The molecule has 1 unspecified atom stereocenters. The Hall–Kier alpha value is -2.30. The molecule has 0 bridgehead atoms. The van der Waals surface area contributed by atoms with Crippen molar-refractivity contribution in [2.45, 2.75) is 26.3 Å². The summed E-state index contributed by atoms with van der Waals surface area (Å²) in [5, 5.41) is 12.4. The Labute approximate surface area is 110 Å². The molecule has 0 saturated carbocycles. The van der Waals surface area contributed by atoms with Gasteiger partial charge in [-0.15, -0.1) is 0 Å². The molecule has 1 heterocycles. The van der Waals surface area contributed by atoms with E-state index >= 15 is 0 Å². The predicted octanol–water partition coefficient (Wildman–Crippen LogP) is 2.07. The smallest absolute Gasteiger partial charge is 0.326 e. The van der Waals surface area contributed by atoms with Crippen molar-refractivity contribution >= 4 is 22.8 Å². The van der Waals surface area contributed by atoms with Gasteiger partial charge >= 0.3 is 5.97 Å². The van der Waals surface area contributed by atoms with E-state index in [4.69, 9.17) is 5.11 Å². The van der Waals surface area contributed by atoms with Gasteiger partial charge in [-0.1, -0.05) is 25.1 Å². The number of aryl methyl sites for hydroxylation is 1. The summed E-state index contributed by atoms with van der Waals surface area (Å²) < 4.78 is 0. The van der Waals surface area contributed by atoms with Crippen molar-refractivity contribution in [2.24, 2.45) is 0 Å². The third-order valence-electron chi connectivity index (χ3n) is 3.12. The number of aliphatic carboxylic acids is 1. The number of para-hydroxylation sites is 1. The van der Waals surface area contributed by atoms with E-state index in [-0.39, 0.29) is 0 Å². The fraction of sp³-hybridized carbons (Fsp3) is 0.286. The van der Waals surface area contributed by atoms with Gasteiger partial charge < -0.3 is 15.4 Å². The van der Waals surface area contributed by atoms with Crippen LogP contribution in [-0.4, -0.2) is 28.0 Å². The van der Waals surface area contributed by atoms with Crippen molar-refractivity contribution in [1.29, 1.82) is 0 Å². The first kappa shape index (κ1) is 13.1. The van der Waals surface area contributed by atoms with Crippen LogP contribution in [0.15, 0.2) is 24.3 Å². The average Bonchev–Trinajstić information content (AvgIpc) is 2.80. The molecular formula is C14H16N2O3. The third-order valence-corrected chi connectivity index (χ3v) is 3.12. The van der Waals surface area contributed by atoms with Gasteiger partial charge in [0.15, 0.2) is 0 Å². The van der Waals surface area contributed by atoms with Gasteiger partial charge in [0.1, 0.15) is 11.7 Å².